The molecule has 6 nitrogen and oxygen atoms in total. The second-order valence-corrected chi connectivity index (χ2v) is 7.00. The highest BCUT2D eigenvalue weighted by atomic mass is 32.2. The maximum atomic E-state index is 13.3. The van der Waals surface area contributed by atoms with E-state index in [1.54, 1.807) is 13.4 Å². The summed E-state index contributed by atoms with van der Waals surface area (Å²) in [5, 5.41) is 0. The van der Waals surface area contributed by atoms with Crippen LogP contribution in [0.5, 0.6) is 0 Å². The van der Waals surface area contributed by atoms with Crippen molar-refractivity contribution in [1.29, 1.82) is 0 Å². The molecule has 1 aliphatic rings. The van der Waals surface area contributed by atoms with Crippen molar-refractivity contribution in [3.63, 3.8) is 0 Å². The first-order valence-corrected chi connectivity index (χ1v) is 8.24. The molecule has 0 unspecified atom stereocenters. The average molecular weight is 325 g/mol. The zero-order valence-electron chi connectivity index (χ0n) is 12.1. The number of benzene rings is 1. The van der Waals surface area contributed by atoms with Gasteiger partial charge in [-0.3, -0.25) is 0 Å². The maximum Gasteiger partial charge on any atom is 0.243 e. The van der Waals surface area contributed by atoms with Crippen LogP contribution in [0.1, 0.15) is 11.4 Å². The van der Waals surface area contributed by atoms with Gasteiger partial charge in [-0.2, -0.15) is 4.31 Å². The van der Waals surface area contributed by atoms with Gasteiger partial charge in [0.25, 0.3) is 0 Å². The minimum Gasteiger partial charge on any atom is -0.378 e. The number of aromatic nitrogens is 2. The van der Waals surface area contributed by atoms with Crippen LogP contribution < -0.4 is 0 Å². The van der Waals surface area contributed by atoms with E-state index in [0.717, 1.165) is 17.5 Å². The number of fused-ring (bicyclic) bond motifs is 1. The Morgan fingerprint density at radius 2 is 2.18 bits per heavy atom. The Hall–Kier alpha value is -1.77. The first kappa shape index (κ1) is 15.1. The predicted octanol–water partition coefficient (Wildman–Crippen LogP) is 1.37. The Labute approximate surface area is 128 Å². The van der Waals surface area contributed by atoms with Crippen LogP contribution in [-0.4, -0.2) is 35.9 Å². The Morgan fingerprint density at radius 1 is 1.36 bits per heavy atom. The summed E-state index contributed by atoms with van der Waals surface area (Å²) in [6, 6.07) is 5.06. The summed E-state index contributed by atoms with van der Waals surface area (Å²) in [6.45, 7) is 1.38. The number of hydrogen-bond donors (Lipinski definition) is 0. The number of ether oxygens (including phenoxy) is 1. The molecule has 0 amide bonds. The molecule has 22 heavy (non-hydrogen) atoms. The Kier molecular flexibility index (Phi) is 3.98. The van der Waals surface area contributed by atoms with Crippen molar-refractivity contribution in [3.05, 3.63) is 47.8 Å². The first-order valence-electron chi connectivity index (χ1n) is 6.80. The normalized spacial score (nSPS) is 15.7. The molecule has 1 aromatic heterocycles. The second kappa shape index (κ2) is 5.79. The molecule has 0 aliphatic carbocycles. The molecule has 1 aromatic carbocycles. The summed E-state index contributed by atoms with van der Waals surface area (Å²) in [7, 11) is -2.16. The lowest BCUT2D eigenvalue weighted by Gasteiger charge is -2.28. The van der Waals surface area contributed by atoms with E-state index in [2.05, 4.69) is 4.98 Å². The fraction of sp³-hybridized carbons (Fsp3) is 0.357. The van der Waals surface area contributed by atoms with Gasteiger partial charge < -0.3 is 9.30 Å². The molecule has 0 N–H and O–H groups in total. The molecule has 3 rings (SSSR count). The summed E-state index contributed by atoms with van der Waals surface area (Å²) < 4.78 is 46.9. The van der Waals surface area contributed by atoms with Crippen LogP contribution in [0.25, 0.3) is 0 Å². The van der Waals surface area contributed by atoms with Crippen LogP contribution in [0.2, 0.25) is 0 Å². The molecular formula is C14H16FN3O3S. The number of sulfonamides is 1. The van der Waals surface area contributed by atoms with Crippen molar-refractivity contribution in [2.24, 2.45) is 0 Å². The lowest BCUT2D eigenvalue weighted by atomic mass is 10.3. The summed E-state index contributed by atoms with van der Waals surface area (Å²) in [4.78, 5) is 4.21. The molecule has 0 fully saturated rings. The molecule has 118 valence electrons. The van der Waals surface area contributed by atoms with Crippen LogP contribution in [0.4, 0.5) is 4.39 Å². The lowest BCUT2D eigenvalue weighted by Crippen LogP contribution is -2.38. The monoisotopic (exact) mass is 325 g/mol. The molecular weight excluding hydrogens is 309 g/mol. The number of nitrogens with zero attached hydrogens (tertiary/aromatic N) is 3. The summed E-state index contributed by atoms with van der Waals surface area (Å²) in [6.07, 6.45) is 1.69. The van der Waals surface area contributed by atoms with Gasteiger partial charge in [-0.05, 0) is 18.2 Å². The van der Waals surface area contributed by atoms with Crippen LogP contribution in [0.3, 0.4) is 0 Å². The van der Waals surface area contributed by atoms with Crippen molar-refractivity contribution in [2.45, 2.75) is 24.6 Å². The van der Waals surface area contributed by atoms with Gasteiger partial charge in [0.05, 0.1) is 35.8 Å². The van der Waals surface area contributed by atoms with E-state index in [1.807, 2.05) is 4.57 Å². The standard InChI is InChI=1S/C14H16FN3O3S/c1-21-9-13-14-8-18(6-5-17(14)10-16-13)22(19,20)12-4-2-3-11(15)7-12/h2-4,7,10H,5-6,8-9H2,1H3. The minimum atomic E-state index is -3.73. The van der Waals surface area contributed by atoms with Crippen LogP contribution in [0.15, 0.2) is 35.5 Å². The smallest absolute Gasteiger partial charge is 0.243 e. The lowest BCUT2D eigenvalue weighted by molar-refractivity contribution is 0.179. The molecule has 1 aliphatic heterocycles. The molecule has 0 bridgehead atoms. The van der Waals surface area contributed by atoms with Crippen molar-refractivity contribution in [3.8, 4) is 0 Å². The van der Waals surface area contributed by atoms with Crippen molar-refractivity contribution >= 4 is 10.0 Å². The third kappa shape index (κ3) is 2.65. The number of rotatable bonds is 4. The highest BCUT2D eigenvalue weighted by molar-refractivity contribution is 7.89. The first-order chi connectivity index (χ1) is 10.5. The third-order valence-corrected chi connectivity index (χ3v) is 5.51. The highest BCUT2D eigenvalue weighted by Crippen LogP contribution is 2.24. The fourth-order valence-electron chi connectivity index (χ4n) is 2.53. The quantitative estimate of drug-likeness (QED) is 0.852. The molecule has 0 saturated heterocycles. The Bertz CT molecular complexity index is 788. The summed E-state index contributed by atoms with van der Waals surface area (Å²) in [5.74, 6) is -0.566. The van der Waals surface area contributed by atoms with E-state index in [0.29, 0.717) is 19.7 Å². The maximum absolute atomic E-state index is 13.3. The van der Waals surface area contributed by atoms with E-state index in [-0.39, 0.29) is 11.4 Å². The van der Waals surface area contributed by atoms with Crippen LogP contribution in [0, 0.1) is 5.82 Å². The topological polar surface area (TPSA) is 64.4 Å². The van der Waals surface area contributed by atoms with Gasteiger partial charge in [0.15, 0.2) is 0 Å². The van der Waals surface area contributed by atoms with Gasteiger partial charge in [-0.25, -0.2) is 17.8 Å². The minimum absolute atomic E-state index is 0.0336. The zero-order chi connectivity index (χ0) is 15.7. The summed E-state index contributed by atoms with van der Waals surface area (Å²) >= 11 is 0. The number of halogens is 1. The van der Waals surface area contributed by atoms with Gasteiger partial charge in [0.1, 0.15) is 5.82 Å². The van der Waals surface area contributed by atoms with Gasteiger partial charge in [0, 0.05) is 20.2 Å². The van der Waals surface area contributed by atoms with E-state index in [9.17, 15) is 12.8 Å². The molecule has 0 spiro atoms. The Balaban J connectivity index is 1.92. The van der Waals surface area contributed by atoms with Crippen molar-refractivity contribution < 1.29 is 17.5 Å². The van der Waals surface area contributed by atoms with E-state index in [1.165, 1.54) is 22.5 Å². The van der Waals surface area contributed by atoms with Crippen molar-refractivity contribution in [2.75, 3.05) is 13.7 Å². The largest absolute Gasteiger partial charge is 0.378 e. The van der Waals surface area contributed by atoms with Gasteiger partial charge >= 0.3 is 0 Å². The van der Waals surface area contributed by atoms with Gasteiger partial charge in [-0.1, -0.05) is 6.07 Å². The SMILES string of the molecule is COCc1ncn2c1CN(S(=O)(=O)c1cccc(F)c1)CC2. The number of methoxy groups -OCH3 is 1. The van der Waals surface area contributed by atoms with Gasteiger partial charge in [-0.15, -0.1) is 0 Å². The predicted molar refractivity (Wildman–Crippen MR) is 76.9 cm³/mol. The molecule has 8 heteroatoms. The van der Waals surface area contributed by atoms with E-state index in [4.69, 9.17) is 4.74 Å². The molecule has 2 aromatic rings. The Morgan fingerprint density at radius 3 is 2.91 bits per heavy atom. The van der Waals surface area contributed by atoms with E-state index >= 15 is 0 Å². The number of imidazole rings is 1. The summed E-state index contributed by atoms with van der Waals surface area (Å²) in [5.41, 5.74) is 1.54. The van der Waals surface area contributed by atoms with Gasteiger partial charge in [0.2, 0.25) is 10.0 Å². The second-order valence-electron chi connectivity index (χ2n) is 5.06. The third-order valence-electron chi connectivity index (χ3n) is 3.66. The highest BCUT2D eigenvalue weighted by Gasteiger charge is 2.30. The molecule has 0 atom stereocenters. The van der Waals surface area contributed by atoms with E-state index < -0.39 is 15.8 Å². The molecule has 2 heterocycles. The molecule has 0 radical (unpaired) electrons. The number of hydrogen-bond acceptors (Lipinski definition) is 4. The zero-order valence-corrected chi connectivity index (χ0v) is 12.9. The van der Waals surface area contributed by atoms with Crippen LogP contribution >= 0.6 is 0 Å². The average Bonchev–Trinajstić information content (AvgIpc) is 2.90. The van der Waals surface area contributed by atoms with Crippen LogP contribution in [-0.2, 0) is 34.5 Å². The fourth-order valence-corrected chi connectivity index (χ4v) is 3.95. The molecule has 0 saturated carbocycles. The van der Waals surface area contributed by atoms with Crippen molar-refractivity contribution in [1.82, 2.24) is 13.9 Å².